The number of rotatable bonds is 7. The molecule has 0 spiro atoms. The second kappa shape index (κ2) is 11.1. The van der Waals surface area contributed by atoms with Crippen molar-refractivity contribution in [1.82, 2.24) is 25.0 Å². The number of nitrogens with one attached hydrogen (secondary N) is 2. The summed E-state index contributed by atoms with van der Waals surface area (Å²) < 4.78 is 42.6. The molecule has 2 aromatic rings. The van der Waals surface area contributed by atoms with E-state index in [-0.39, 0.29) is 24.9 Å². The number of aliphatic hydroxyl groups is 1. The number of nitrogens with zero attached hydrogens (tertiary/aromatic N) is 3. The average Bonchev–Trinajstić information content (AvgIpc) is 3.66. The number of halogens is 1. The van der Waals surface area contributed by atoms with Crippen LogP contribution in [0.3, 0.4) is 0 Å². The average molecular weight is 749 g/mol. The molecule has 260 valence electrons. The molecule has 3 saturated heterocycles. The van der Waals surface area contributed by atoms with E-state index in [1.165, 1.54) is 10.5 Å². The number of carbonyl (C=O) groups is 3. The van der Waals surface area contributed by atoms with Gasteiger partial charge in [-0.05, 0) is 77.3 Å². The quantitative estimate of drug-likeness (QED) is 0.311. The van der Waals surface area contributed by atoms with Gasteiger partial charge in [0.15, 0.2) is 0 Å². The van der Waals surface area contributed by atoms with Crippen molar-refractivity contribution < 1.29 is 37.2 Å². The van der Waals surface area contributed by atoms with E-state index in [4.69, 9.17) is 4.74 Å². The molecular weight excluding hydrogens is 706 g/mol. The van der Waals surface area contributed by atoms with Crippen molar-refractivity contribution in [2.45, 2.75) is 82.6 Å². The Morgan fingerprint density at radius 2 is 1.94 bits per heavy atom. The molecule has 4 N–H and O–H groups in total. The van der Waals surface area contributed by atoms with E-state index in [9.17, 15) is 32.5 Å². The van der Waals surface area contributed by atoms with Crippen molar-refractivity contribution in [3.63, 3.8) is 0 Å². The Kier molecular flexibility index (Phi) is 7.78. The minimum atomic E-state index is -4.84. The molecule has 0 radical (unpaired) electrons. The maximum atomic E-state index is 14.8. The zero-order valence-electron chi connectivity index (χ0n) is 27.6. The highest BCUT2D eigenvalue weighted by Crippen LogP contribution is 2.52. The zero-order valence-corrected chi connectivity index (χ0v) is 30.0. The number of ether oxygens (including phenoxy) is 1. The number of aromatic nitrogens is 1. The summed E-state index contributed by atoms with van der Waals surface area (Å²) in [5.41, 5.74) is -0.117. The van der Waals surface area contributed by atoms with Crippen LogP contribution in [0.1, 0.15) is 58.1 Å². The lowest BCUT2D eigenvalue weighted by atomic mass is 9.79. The first-order valence-corrected chi connectivity index (χ1v) is 18.9. The maximum absolute atomic E-state index is 14.8. The first kappa shape index (κ1) is 33.7. The second-order valence-electron chi connectivity index (χ2n) is 14.8. The minimum absolute atomic E-state index is 0.0220. The lowest BCUT2D eigenvalue weighted by Gasteiger charge is -2.55. The molecule has 0 saturated carbocycles. The van der Waals surface area contributed by atoms with Gasteiger partial charge >= 0.3 is 0 Å². The smallest absolute Gasteiger partial charge is 0.281 e. The Labute approximate surface area is 287 Å². The maximum Gasteiger partial charge on any atom is 0.281 e. The second-order valence-corrected chi connectivity index (χ2v) is 17.1. The number of carbonyl (C=O) groups excluding carboxylic acids is 3. The fourth-order valence-corrected chi connectivity index (χ4v) is 10.5. The summed E-state index contributed by atoms with van der Waals surface area (Å²) in [7, 11) is -2.89. The minimum Gasteiger partial charge on any atom is -0.349 e. The number of benzene rings is 1. The molecule has 48 heavy (non-hydrogen) atoms. The zero-order chi connectivity index (χ0) is 34.7. The molecule has 5 aliphatic rings. The number of piperazine rings is 1. The SMILES string of the molecule is CC(C)C[C@]1(CS(=O)(=O)O)C(=O)N2CCC[C@H]2[C@]2(O)O[C@](NC(=O)[C@@H]3C=C4c5cccc6[nH]c(Br)c(c56)C[C@H]4N(C)C3)(C(C)C)C(=O)N12. The summed E-state index contributed by atoms with van der Waals surface area (Å²) in [6.07, 6.45) is 3.30. The summed E-state index contributed by atoms with van der Waals surface area (Å²) in [5.74, 6) is -7.46. The van der Waals surface area contributed by atoms with E-state index >= 15 is 0 Å². The number of fused-ring (bicyclic) bond motifs is 5. The van der Waals surface area contributed by atoms with Crippen molar-refractivity contribution in [3.05, 3.63) is 40.0 Å². The van der Waals surface area contributed by atoms with Gasteiger partial charge < -0.3 is 20.3 Å². The van der Waals surface area contributed by atoms with Crippen LogP contribution in [0.5, 0.6) is 0 Å². The number of aromatic amines is 1. The molecule has 15 heteroatoms. The summed E-state index contributed by atoms with van der Waals surface area (Å²) in [5, 5.41) is 16.4. The lowest BCUT2D eigenvalue weighted by Crippen LogP contribution is -2.78. The number of likely N-dealkylation sites (N-methyl/N-ethyl adjacent to an activating group) is 1. The molecule has 3 fully saturated rings. The standard InChI is InChI=1S/C33H42BrN5O8S/c1-17(2)14-31(16-48(44,45)46)29(41)38-11-7-10-25(38)33(43)39(31)30(42)32(47-33,18(3)4)36-28(40)19-12-21-20-8-6-9-23-26(20)22(27(34)35-23)13-24(21)37(5)15-19/h6,8-9,12,17-19,24-25,35,43H,7,10-11,13-16H2,1-5H3,(H,36,40)(H,44,45,46)/t19-,24-,25+,31+,32-,33+/m1/s1. The van der Waals surface area contributed by atoms with E-state index in [1.54, 1.807) is 27.7 Å². The molecule has 1 aromatic heterocycles. The molecule has 0 unspecified atom stereocenters. The molecule has 7 rings (SSSR count). The summed E-state index contributed by atoms with van der Waals surface area (Å²) in [4.78, 5) is 51.2. The van der Waals surface area contributed by atoms with Crippen LogP contribution in [-0.2, 0) is 35.7 Å². The Bertz CT molecular complexity index is 1880. The first-order valence-electron chi connectivity index (χ1n) is 16.5. The molecule has 0 bridgehead atoms. The van der Waals surface area contributed by atoms with E-state index in [0.717, 1.165) is 38.0 Å². The van der Waals surface area contributed by atoms with Crippen molar-refractivity contribution in [2.24, 2.45) is 17.8 Å². The number of hydrogen-bond acceptors (Lipinski definition) is 8. The molecule has 4 aliphatic heterocycles. The Morgan fingerprint density at radius 3 is 2.60 bits per heavy atom. The Morgan fingerprint density at radius 1 is 1.21 bits per heavy atom. The van der Waals surface area contributed by atoms with Crippen LogP contribution < -0.4 is 5.32 Å². The summed E-state index contributed by atoms with van der Waals surface area (Å²) in [6.45, 7) is 7.41. The highest BCUT2D eigenvalue weighted by molar-refractivity contribution is 9.10. The van der Waals surface area contributed by atoms with E-state index < -0.39 is 68.6 Å². The van der Waals surface area contributed by atoms with Gasteiger partial charge in [-0.15, -0.1) is 0 Å². The third-order valence-electron chi connectivity index (χ3n) is 10.9. The molecule has 6 atom stereocenters. The van der Waals surface area contributed by atoms with Crippen LogP contribution in [0.15, 0.2) is 28.9 Å². The van der Waals surface area contributed by atoms with Crippen LogP contribution in [0, 0.1) is 17.8 Å². The predicted molar refractivity (Wildman–Crippen MR) is 180 cm³/mol. The topological polar surface area (TPSA) is 173 Å². The number of amides is 3. The first-order chi connectivity index (χ1) is 22.4. The third kappa shape index (κ3) is 4.75. The monoisotopic (exact) mass is 747 g/mol. The van der Waals surface area contributed by atoms with E-state index in [0.29, 0.717) is 19.4 Å². The van der Waals surface area contributed by atoms with Crippen molar-refractivity contribution in [1.29, 1.82) is 0 Å². The number of H-pyrrole nitrogens is 1. The van der Waals surface area contributed by atoms with Crippen molar-refractivity contribution in [3.8, 4) is 0 Å². The van der Waals surface area contributed by atoms with Gasteiger partial charge in [-0.2, -0.15) is 8.42 Å². The molecule has 1 aliphatic carbocycles. The van der Waals surface area contributed by atoms with Crippen LogP contribution in [-0.4, -0.2) is 111 Å². The molecule has 1 aromatic carbocycles. The summed E-state index contributed by atoms with van der Waals surface area (Å²) >= 11 is 3.67. The van der Waals surface area contributed by atoms with Crippen molar-refractivity contribution >= 4 is 60.2 Å². The van der Waals surface area contributed by atoms with Crippen LogP contribution >= 0.6 is 15.9 Å². The highest BCUT2D eigenvalue weighted by Gasteiger charge is 2.76. The van der Waals surface area contributed by atoms with Gasteiger partial charge in [-0.25, -0.2) is 0 Å². The van der Waals surface area contributed by atoms with E-state index in [1.807, 2.05) is 31.3 Å². The Balaban J connectivity index is 1.30. The molecule has 13 nitrogen and oxygen atoms in total. The number of hydrogen-bond donors (Lipinski definition) is 4. The lowest BCUT2D eigenvalue weighted by molar-refractivity contribution is -0.331. The predicted octanol–water partition coefficient (Wildman–Crippen LogP) is 2.45. The van der Waals surface area contributed by atoms with Gasteiger partial charge in [0.05, 0.1) is 10.5 Å². The highest BCUT2D eigenvalue weighted by atomic mass is 79.9. The van der Waals surface area contributed by atoms with Gasteiger partial charge in [0.2, 0.25) is 17.5 Å². The van der Waals surface area contributed by atoms with Gasteiger partial charge in [-0.1, -0.05) is 45.9 Å². The normalized spacial score (nSPS) is 33.4. The third-order valence-corrected chi connectivity index (χ3v) is 12.4. The fraction of sp³-hybridized carbons (Fsp3) is 0.606. The van der Waals surface area contributed by atoms with Crippen molar-refractivity contribution in [2.75, 3.05) is 25.9 Å². The fourth-order valence-electron chi connectivity index (χ4n) is 8.98. The van der Waals surface area contributed by atoms with Gasteiger partial charge in [0.25, 0.3) is 21.9 Å². The van der Waals surface area contributed by atoms with Crippen LogP contribution in [0.4, 0.5) is 0 Å². The van der Waals surface area contributed by atoms with Crippen LogP contribution in [0.25, 0.3) is 16.5 Å². The van der Waals surface area contributed by atoms with Gasteiger partial charge in [0, 0.05) is 36.0 Å². The largest absolute Gasteiger partial charge is 0.349 e. The van der Waals surface area contributed by atoms with Gasteiger partial charge in [-0.3, -0.25) is 33.5 Å². The molecule has 3 amide bonds. The van der Waals surface area contributed by atoms with Crippen LogP contribution in [0.2, 0.25) is 0 Å². The van der Waals surface area contributed by atoms with E-state index in [2.05, 4.69) is 31.1 Å². The van der Waals surface area contributed by atoms with Gasteiger partial charge in [0.1, 0.15) is 17.3 Å². The molecule has 5 heterocycles. The summed E-state index contributed by atoms with van der Waals surface area (Å²) in [6, 6.07) is 5.05. The molecular formula is C33H42BrN5O8S. The Hall–Kier alpha value is -2.82.